The van der Waals surface area contributed by atoms with Gasteiger partial charge in [0.25, 0.3) is 0 Å². The van der Waals surface area contributed by atoms with Crippen molar-refractivity contribution < 1.29 is 19.0 Å². The summed E-state index contributed by atoms with van der Waals surface area (Å²) in [6.45, 7) is 4.99. The number of anilines is 1. The molecule has 1 saturated heterocycles. The Balaban J connectivity index is 1.46. The summed E-state index contributed by atoms with van der Waals surface area (Å²) in [5.41, 5.74) is 2.60. The van der Waals surface area contributed by atoms with Crippen molar-refractivity contribution >= 4 is 11.6 Å². The Morgan fingerprint density at radius 2 is 2.17 bits per heavy atom. The maximum Gasteiger partial charge on any atom is 0.224 e. The first-order chi connectivity index (χ1) is 14.5. The Morgan fingerprint density at radius 1 is 1.30 bits per heavy atom. The maximum atomic E-state index is 13.2. The van der Waals surface area contributed by atoms with Gasteiger partial charge in [0.05, 0.1) is 6.61 Å². The van der Waals surface area contributed by atoms with E-state index in [9.17, 15) is 9.18 Å². The minimum atomic E-state index is -0.293. The van der Waals surface area contributed by atoms with Crippen LogP contribution in [0.15, 0.2) is 42.5 Å². The number of nitrogens with one attached hydrogen (secondary N) is 1. The van der Waals surface area contributed by atoms with E-state index in [0.717, 1.165) is 50.2 Å². The van der Waals surface area contributed by atoms with Gasteiger partial charge in [-0.25, -0.2) is 4.39 Å². The quantitative estimate of drug-likeness (QED) is 0.648. The van der Waals surface area contributed by atoms with Crippen LogP contribution in [-0.2, 0) is 11.3 Å². The Morgan fingerprint density at radius 3 is 2.97 bits per heavy atom. The van der Waals surface area contributed by atoms with Crippen LogP contribution in [0.5, 0.6) is 5.75 Å². The standard InChI is InChI=1S/C24H31FN2O3/c1-18-14-21(25)8-9-23(18)26-24(29)10-7-19-5-3-11-27(16-19)17-20-4-2-6-22(15-20)30-13-12-28/h2,4,6,8-9,14-15,19,28H,3,5,7,10-13,16-17H2,1H3,(H,26,29)/t19-/m1/s1. The summed E-state index contributed by atoms with van der Waals surface area (Å²) in [6.07, 6.45) is 3.59. The van der Waals surface area contributed by atoms with E-state index < -0.39 is 0 Å². The lowest BCUT2D eigenvalue weighted by atomic mass is 9.93. The van der Waals surface area contributed by atoms with Gasteiger partial charge in [-0.1, -0.05) is 12.1 Å². The predicted molar refractivity (Wildman–Crippen MR) is 116 cm³/mol. The van der Waals surface area contributed by atoms with Gasteiger partial charge in [0, 0.05) is 25.2 Å². The Bertz CT molecular complexity index is 843. The SMILES string of the molecule is Cc1cc(F)ccc1NC(=O)CC[C@H]1CCCN(Cc2cccc(OCCO)c2)C1. The van der Waals surface area contributed by atoms with Crippen LogP contribution in [0.4, 0.5) is 10.1 Å². The van der Waals surface area contributed by atoms with Crippen LogP contribution in [0.25, 0.3) is 0 Å². The monoisotopic (exact) mass is 414 g/mol. The highest BCUT2D eigenvalue weighted by Gasteiger charge is 2.21. The average molecular weight is 415 g/mol. The number of carbonyl (C=O) groups excluding carboxylic acids is 1. The second-order valence-electron chi connectivity index (χ2n) is 8.01. The zero-order chi connectivity index (χ0) is 21.3. The van der Waals surface area contributed by atoms with Crippen molar-refractivity contribution in [2.75, 3.05) is 31.6 Å². The molecule has 1 aliphatic heterocycles. The van der Waals surface area contributed by atoms with E-state index in [0.29, 0.717) is 24.6 Å². The summed E-state index contributed by atoms with van der Waals surface area (Å²) >= 11 is 0. The van der Waals surface area contributed by atoms with Crippen LogP contribution >= 0.6 is 0 Å². The van der Waals surface area contributed by atoms with E-state index in [-0.39, 0.29) is 18.3 Å². The number of rotatable bonds is 9. The molecule has 162 valence electrons. The number of aliphatic hydroxyl groups excluding tert-OH is 1. The highest BCUT2D eigenvalue weighted by atomic mass is 19.1. The molecule has 1 heterocycles. The molecule has 1 atom stereocenters. The molecular formula is C24H31FN2O3. The Hall–Kier alpha value is -2.44. The highest BCUT2D eigenvalue weighted by molar-refractivity contribution is 5.91. The summed E-state index contributed by atoms with van der Waals surface area (Å²) in [6, 6.07) is 12.4. The molecule has 0 aliphatic carbocycles. The van der Waals surface area contributed by atoms with E-state index in [1.54, 1.807) is 13.0 Å². The van der Waals surface area contributed by atoms with Gasteiger partial charge in [0.2, 0.25) is 5.91 Å². The number of aryl methyl sites for hydroxylation is 1. The molecule has 0 saturated carbocycles. The van der Waals surface area contributed by atoms with Crippen LogP contribution < -0.4 is 10.1 Å². The summed E-state index contributed by atoms with van der Waals surface area (Å²) in [7, 11) is 0. The molecule has 5 nitrogen and oxygen atoms in total. The molecule has 3 rings (SSSR count). The minimum Gasteiger partial charge on any atom is -0.491 e. The molecule has 2 N–H and O–H groups in total. The van der Waals surface area contributed by atoms with Crippen LogP contribution in [0.2, 0.25) is 0 Å². The van der Waals surface area contributed by atoms with Crippen LogP contribution in [0.1, 0.15) is 36.8 Å². The minimum absolute atomic E-state index is 0.00629. The summed E-state index contributed by atoms with van der Waals surface area (Å²) in [4.78, 5) is 14.8. The van der Waals surface area contributed by atoms with Crippen molar-refractivity contribution in [1.29, 1.82) is 0 Å². The highest BCUT2D eigenvalue weighted by Crippen LogP contribution is 2.24. The maximum absolute atomic E-state index is 13.2. The summed E-state index contributed by atoms with van der Waals surface area (Å²) in [5.74, 6) is 0.962. The van der Waals surface area contributed by atoms with Gasteiger partial charge in [0.1, 0.15) is 18.2 Å². The van der Waals surface area contributed by atoms with Gasteiger partial charge in [-0.05, 0) is 80.1 Å². The first kappa shape index (κ1) is 22.2. The summed E-state index contributed by atoms with van der Waals surface area (Å²) in [5, 5.41) is 11.8. The lowest BCUT2D eigenvalue weighted by Crippen LogP contribution is -2.35. The van der Waals surface area contributed by atoms with Gasteiger partial charge < -0.3 is 15.2 Å². The zero-order valence-corrected chi connectivity index (χ0v) is 17.6. The van der Waals surface area contributed by atoms with Gasteiger partial charge in [-0.15, -0.1) is 0 Å². The molecule has 1 aliphatic rings. The van der Waals surface area contributed by atoms with Crippen LogP contribution in [0, 0.1) is 18.7 Å². The lowest BCUT2D eigenvalue weighted by Gasteiger charge is -2.32. The number of halogens is 1. The molecule has 1 fully saturated rings. The molecule has 0 unspecified atom stereocenters. The molecule has 2 aromatic rings. The third kappa shape index (κ3) is 6.82. The van der Waals surface area contributed by atoms with Crippen LogP contribution in [-0.4, -0.2) is 42.2 Å². The largest absolute Gasteiger partial charge is 0.491 e. The number of nitrogens with zero attached hydrogens (tertiary/aromatic N) is 1. The molecule has 6 heteroatoms. The first-order valence-corrected chi connectivity index (χ1v) is 10.6. The number of likely N-dealkylation sites (tertiary alicyclic amines) is 1. The predicted octanol–water partition coefficient (Wildman–Crippen LogP) is 4.14. The third-order valence-corrected chi connectivity index (χ3v) is 5.51. The van der Waals surface area contributed by atoms with Crippen molar-refractivity contribution in [1.82, 2.24) is 4.90 Å². The number of benzene rings is 2. The van der Waals surface area contributed by atoms with Gasteiger partial charge in [-0.2, -0.15) is 0 Å². The molecule has 0 radical (unpaired) electrons. The van der Waals surface area contributed by atoms with Gasteiger partial charge in [0.15, 0.2) is 0 Å². The molecule has 0 bridgehead atoms. The van der Waals surface area contributed by atoms with E-state index in [1.165, 1.54) is 17.7 Å². The van der Waals surface area contributed by atoms with Crippen molar-refractivity contribution in [3.8, 4) is 5.75 Å². The fraction of sp³-hybridized carbons (Fsp3) is 0.458. The van der Waals surface area contributed by atoms with E-state index in [4.69, 9.17) is 9.84 Å². The number of hydrogen-bond donors (Lipinski definition) is 2. The normalized spacial score (nSPS) is 17.0. The first-order valence-electron chi connectivity index (χ1n) is 10.6. The number of hydrogen-bond acceptors (Lipinski definition) is 4. The smallest absolute Gasteiger partial charge is 0.224 e. The van der Waals surface area contributed by atoms with Crippen LogP contribution in [0.3, 0.4) is 0 Å². The topological polar surface area (TPSA) is 61.8 Å². The second-order valence-corrected chi connectivity index (χ2v) is 8.01. The Labute approximate surface area is 177 Å². The van der Waals surface area contributed by atoms with E-state index in [2.05, 4.69) is 16.3 Å². The molecule has 0 spiro atoms. The number of piperidine rings is 1. The molecular weight excluding hydrogens is 383 g/mol. The van der Waals surface area contributed by atoms with E-state index >= 15 is 0 Å². The molecule has 1 amide bonds. The van der Waals surface area contributed by atoms with Gasteiger partial charge >= 0.3 is 0 Å². The zero-order valence-electron chi connectivity index (χ0n) is 17.6. The van der Waals surface area contributed by atoms with Crippen molar-refractivity contribution in [2.45, 2.75) is 39.2 Å². The number of carbonyl (C=O) groups is 1. The number of ether oxygens (including phenoxy) is 1. The second kappa shape index (κ2) is 11.1. The Kier molecular flexibility index (Phi) is 8.22. The van der Waals surface area contributed by atoms with Crippen molar-refractivity contribution in [2.24, 2.45) is 5.92 Å². The summed E-state index contributed by atoms with van der Waals surface area (Å²) < 4.78 is 18.7. The van der Waals surface area contributed by atoms with Gasteiger partial charge in [-0.3, -0.25) is 9.69 Å². The fourth-order valence-electron chi connectivity index (χ4n) is 4.00. The fourth-order valence-corrected chi connectivity index (χ4v) is 4.00. The van der Waals surface area contributed by atoms with Crippen molar-refractivity contribution in [3.05, 3.63) is 59.4 Å². The molecule has 2 aromatic carbocycles. The number of aliphatic hydroxyl groups is 1. The number of amides is 1. The molecule has 0 aromatic heterocycles. The van der Waals surface area contributed by atoms with E-state index in [1.807, 2.05) is 18.2 Å². The average Bonchev–Trinajstić information content (AvgIpc) is 2.73. The molecule has 30 heavy (non-hydrogen) atoms. The third-order valence-electron chi connectivity index (χ3n) is 5.51. The lowest BCUT2D eigenvalue weighted by molar-refractivity contribution is -0.116. The van der Waals surface area contributed by atoms with Crippen molar-refractivity contribution in [3.63, 3.8) is 0 Å².